The van der Waals surface area contributed by atoms with Crippen LogP contribution in [0.4, 0.5) is 4.39 Å². The van der Waals surface area contributed by atoms with E-state index in [2.05, 4.69) is 32.0 Å². The summed E-state index contributed by atoms with van der Waals surface area (Å²) in [4.78, 5) is 6.87. The molecular formula is C19H22FN5O. The van der Waals surface area contributed by atoms with Crippen LogP contribution in [0.25, 0.3) is 17.1 Å². The molecule has 1 aromatic carbocycles. The molecule has 0 saturated carbocycles. The third-order valence-electron chi connectivity index (χ3n) is 5.00. The lowest BCUT2D eigenvalue weighted by Gasteiger charge is -2.30. The Morgan fingerprint density at radius 2 is 2.00 bits per heavy atom. The smallest absolute Gasteiger partial charge is 0.259 e. The van der Waals surface area contributed by atoms with Gasteiger partial charge >= 0.3 is 0 Å². The molecule has 1 unspecified atom stereocenters. The Kier molecular flexibility index (Phi) is 4.34. The second-order valence-corrected chi connectivity index (χ2v) is 6.75. The number of likely N-dealkylation sites (N-methyl/N-ethyl adjacent to an activating group) is 1. The average Bonchev–Trinajstić information content (AvgIpc) is 3.21. The zero-order valence-electron chi connectivity index (χ0n) is 15.2. The lowest BCUT2D eigenvalue weighted by molar-refractivity contribution is 0.190. The van der Waals surface area contributed by atoms with Crippen molar-refractivity contribution in [1.29, 1.82) is 0 Å². The molecule has 1 N–H and O–H groups in total. The Morgan fingerprint density at radius 3 is 2.73 bits per heavy atom. The highest BCUT2D eigenvalue weighted by atomic mass is 19.1. The van der Waals surface area contributed by atoms with Crippen LogP contribution in [0.5, 0.6) is 0 Å². The van der Waals surface area contributed by atoms with E-state index in [0.29, 0.717) is 11.7 Å². The monoisotopic (exact) mass is 355 g/mol. The second kappa shape index (κ2) is 6.66. The van der Waals surface area contributed by atoms with Gasteiger partial charge in [-0.3, -0.25) is 4.90 Å². The fourth-order valence-corrected chi connectivity index (χ4v) is 3.54. The number of aryl methyl sites for hydroxylation is 1. The molecule has 1 aliphatic rings. The molecule has 1 fully saturated rings. The Hall–Kier alpha value is -2.51. The standard InChI is InChI=1S/C19H22FN5O/c1-12-10-16(13(2)25(12)15-6-4-14(20)5-7-15)19-22-18(23-26-19)17-11-21-8-9-24(17)3/h4-7,10,17,21H,8-9,11H2,1-3H3. The van der Waals surface area contributed by atoms with E-state index in [4.69, 9.17) is 4.52 Å². The Morgan fingerprint density at radius 1 is 1.23 bits per heavy atom. The van der Waals surface area contributed by atoms with Crippen molar-refractivity contribution in [1.82, 2.24) is 24.9 Å². The van der Waals surface area contributed by atoms with Gasteiger partial charge < -0.3 is 14.4 Å². The van der Waals surface area contributed by atoms with Crippen LogP contribution in [-0.2, 0) is 0 Å². The van der Waals surface area contributed by atoms with E-state index in [1.54, 1.807) is 12.1 Å². The van der Waals surface area contributed by atoms with E-state index in [1.165, 1.54) is 12.1 Å². The van der Waals surface area contributed by atoms with Crippen LogP contribution in [0.15, 0.2) is 34.9 Å². The SMILES string of the molecule is Cc1cc(-c2nc(C3CNCCN3C)no2)c(C)n1-c1ccc(F)cc1. The van der Waals surface area contributed by atoms with Gasteiger partial charge in [0, 0.05) is 36.7 Å². The molecular weight excluding hydrogens is 333 g/mol. The Balaban J connectivity index is 1.69. The summed E-state index contributed by atoms with van der Waals surface area (Å²) in [6.07, 6.45) is 0. The summed E-state index contributed by atoms with van der Waals surface area (Å²) in [6.45, 7) is 6.74. The van der Waals surface area contributed by atoms with E-state index >= 15 is 0 Å². The van der Waals surface area contributed by atoms with Crippen molar-refractivity contribution in [2.75, 3.05) is 26.7 Å². The van der Waals surface area contributed by atoms with Gasteiger partial charge in [0.05, 0.1) is 11.6 Å². The molecule has 3 heterocycles. The van der Waals surface area contributed by atoms with Crippen LogP contribution < -0.4 is 5.32 Å². The van der Waals surface area contributed by atoms with Gasteiger partial charge in [-0.1, -0.05) is 5.16 Å². The number of benzene rings is 1. The molecule has 1 saturated heterocycles. The summed E-state index contributed by atoms with van der Waals surface area (Å²) in [7, 11) is 2.07. The number of hydrogen-bond acceptors (Lipinski definition) is 5. The Bertz CT molecular complexity index is 915. The number of nitrogens with one attached hydrogen (secondary N) is 1. The fraction of sp³-hybridized carbons (Fsp3) is 0.368. The zero-order valence-corrected chi connectivity index (χ0v) is 15.2. The maximum Gasteiger partial charge on any atom is 0.259 e. The summed E-state index contributed by atoms with van der Waals surface area (Å²) in [5.74, 6) is 0.963. The van der Waals surface area contributed by atoms with E-state index in [0.717, 1.165) is 42.3 Å². The molecule has 1 aliphatic heterocycles. The van der Waals surface area contributed by atoms with Crippen molar-refractivity contribution in [3.63, 3.8) is 0 Å². The van der Waals surface area contributed by atoms with Gasteiger partial charge in [-0.15, -0.1) is 0 Å². The maximum atomic E-state index is 13.2. The minimum Gasteiger partial charge on any atom is -0.334 e. The van der Waals surface area contributed by atoms with Crippen LogP contribution in [0.1, 0.15) is 23.3 Å². The van der Waals surface area contributed by atoms with E-state index < -0.39 is 0 Å². The molecule has 0 amide bonds. The molecule has 136 valence electrons. The second-order valence-electron chi connectivity index (χ2n) is 6.75. The number of rotatable bonds is 3. The highest BCUT2D eigenvalue weighted by Gasteiger charge is 2.26. The van der Waals surface area contributed by atoms with Gasteiger partial charge in [-0.05, 0) is 51.2 Å². The van der Waals surface area contributed by atoms with Crippen molar-refractivity contribution in [3.8, 4) is 17.1 Å². The van der Waals surface area contributed by atoms with Crippen LogP contribution in [0.2, 0.25) is 0 Å². The maximum absolute atomic E-state index is 13.2. The summed E-state index contributed by atoms with van der Waals surface area (Å²) in [5, 5.41) is 7.57. The fourth-order valence-electron chi connectivity index (χ4n) is 3.54. The normalized spacial score (nSPS) is 18.4. The summed E-state index contributed by atoms with van der Waals surface area (Å²) in [6, 6.07) is 8.60. The van der Waals surface area contributed by atoms with Crippen molar-refractivity contribution < 1.29 is 8.91 Å². The molecule has 1 atom stereocenters. The van der Waals surface area contributed by atoms with Crippen molar-refractivity contribution >= 4 is 0 Å². The topological polar surface area (TPSA) is 59.1 Å². The molecule has 0 spiro atoms. The molecule has 7 heteroatoms. The largest absolute Gasteiger partial charge is 0.334 e. The molecule has 2 aromatic heterocycles. The zero-order chi connectivity index (χ0) is 18.3. The predicted octanol–water partition coefficient (Wildman–Crippen LogP) is 2.86. The average molecular weight is 355 g/mol. The van der Waals surface area contributed by atoms with Gasteiger partial charge in [0.2, 0.25) is 0 Å². The van der Waals surface area contributed by atoms with E-state index in [1.807, 2.05) is 19.9 Å². The molecule has 0 bridgehead atoms. The van der Waals surface area contributed by atoms with E-state index in [9.17, 15) is 4.39 Å². The van der Waals surface area contributed by atoms with Crippen LogP contribution in [0, 0.1) is 19.7 Å². The number of nitrogens with zero attached hydrogens (tertiary/aromatic N) is 4. The van der Waals surface area contributed by atoms with Crippen LogP contribution >= 0.6 is 0 Å². The predicted molar refractivity (Wildman–Crippen MR) is 96.7 cm³/mol. The molecule has 26 heavy (non-hydrogen) atoms. The van der Waals surface area contributed by atoms with Gasteiger partial charge in [-0.2, -0.15) is 4.98 Å². The number of hydrogen-bond donors (Lipinski definition) is 1. The first kappa shape index (κ1) is 16.9. The third-order valence-corrected chi connectivity index (χ3v) is 5.00. The molecule has 4 rings (SSSR count). The van der Waals surface area contributed by atoms with Crippen LogP contribution in [0.3, 0.4) is 0 Å². The lowest BCUT2D eigenvalue weighted by atomic mass is 10.2. The molecule has 0 radical (unpaired) electrons. The quantitative estimate of drug-likeness (QED) is 0.783. The number of piperazine rings is 1. The van der Waals surface area contributed by atoms with Crippen molar-refractivity contribution in [2.24, 2.45) is 0 Å². The first-order chi connectivity index (χ1) is 12.5. The highest BCUT2D eigenvalue weighted by molar-refractivity contribution is 5.61. The van der Waals surface area contributed by atoms with Gasteiger partial charge in [-0.25, -0.2) is 4.39 Å². The first-order valence-electron chi connectivity index (χ1n) is 8.74. The summed E-state index contributed by atoms with van der Waals surface area (Å²) < 4.78 is 20.9. The minimum absolute atomic E-state index is 0.113. The van der Waals surface area contributed by atoms with Crippen LogP contribution in [-0.4, -0.2) is 46.3 Å². The first-order valence-corrected chi connectivity index (χ1v) is 8.74. The molecule has 3 aromatic rings. The minimum atomic E-state index is -0.247. The lowest BCUT2D eigenvalue weighted by Crippen LogP contribution is -2.44. The highest BCUT2D eigenvalue weighted by Crippen LogP contribution is 2.29. The molecule has 6 nitrogen and oxygen atoms in total. The van der Waals surface area contributed by atoms with E-state index in [-0.39, 0.29) is 11.9 Å². The van der Waals surface area contributed by atoms with Gasteiger partial charge in [0.1, 0.15) is 5.82 Å². The van der Waals surface area contributed by atoms with Gasteiger partial charge in [0.25, 0.3) is 5.89 Å². The number of aromatic nitrogens is 3. The van der Waals surface area contributed by atoms with Crippen molar-refractivity contribution in [2.45, 2.75) is 19.9 Å². The Labute approximate surface area is 151 Å². The number of halogens is 1. The summed E-state index contributed by atoms with van der Waals surface area (Å²) >= 11 is 0. The third kappa shape index (κ3) is 2.93. The summed E-state index contributed by atoms with van der Waals surface area (Å²) in [5.41, 5.74) is 3.82. The molecule has 0 aliphatic carbocycles. The van der Waals surface area contributed by atoms with Gasteiger partial charge in [0.15, 0.2) is 5.82 Å². The van der Waals surface area contributed by atoms with Crippen molar-refractivity contribution in [3.05, 3.63) is 53.4 Å².